The fourth-order valence-electron chi connectivity index (χ4n) is 3.80. The predicted octanol–water partition coefficient (Wildman–Crippen LogP) is 5.37. The highest BCUT2D eigenvalue weighted by molar-refractivity contribution is 6.17. The zero-order valence-electron chi connectivity index (χ0n) is 15.4. The van der Waals surface area contributed by atoms with E-state index in [9.17, 15) is 20.1 Å². The van der Waals surface area contributed by atoms with Gasteiger partial charge in [-0.15, -0.1) is 11.6 Å². The van der Waals surface area contributed by atoms with Crippen molar-refractivity contribution >= 4 is 17.6 Å². The van der Waals surface area contributed by atoms with Crippen LogP contribution in [0.25, 0.3) is 0 Å². The number of phenols is 2. The molecule has 142 valence electrons. The van der Waals surface area contributed by atoms with Crippen molar-refractivity contribution in [1.29, 1.82) is 0 Å². The van der Waals surface area contributed by atoms with Gasteiger partial charge >= 0.3 is 5.97 Å². The van der Waals surface area contributed by atoms with E-state index in [1.54, 1.807) is 0 Å². The topological polar surface area (TPSA) is 77.8 Å². The number of carbonyl (C=O) groups is 1. The number of halogens is 1. The summed E-state index contributed by atoms with van der Waals surface area (Å²) in [6.07, 6.45) is 5.68. The van der Waals surface area contributed by atoms with Crippen LogP contribution in [0.2, 0.25) is 0 Å². The molecule has 0 heterocycles. The standard InChI is InChI=1S/C21H27ClO4/c1-12(2)15-8-7-13(3)10-16(15)19-17(23)11-14(6-4-5-9-22)18(20(19)24)21(25)26/h10-11,15-16,23-24H,1,4-9H2,2-3H3,(H,25,26)/t15-,16+/m0/s1. The molecule has 0 spiro atoms. The number of aromatic carboxylic acids is 1. The molecule has 26 heavy (non-hydrogen) atoms. The van der Waals surface area contributed by atoms with Crippen molar-refractivity contribution in [3.05, 3.63) is 46.6 Å². The van der Waals surface area contributed by atoms with E-state index < -0.39 is 5.97 Å². The predicted molar refractivity (Wildman–Crippen MR) is 104 cm³/mol. The minimum atomic E-state index is -1.19. The monoisotopic (exact) mass is 378 g/mol. The van der Waals surface area contributed by atoms with E-state index in [0.717, 1.165) is 30.4 Å². The van der Waals surface area contributed by atoms with Crippen LogP contribution >= 0.6 is 11.6 Å². The zero-order chi connectivity index (χ0) is 19.4. The van der Waals surface area contributed by atoms with E-state index in [1.807, 2.05) is 19.9 Å². The molecule has 0 aromatic heterocycles. The molecule has 0 amide bonds. The molecule has 0 unspecified atom stereocenters. The lowest BCUT2D eigenvalue weighted by atomic mass is 9.73. The SMILES string of the molecule is C=C(C)[C@@H]1CCC(C)=C[C@H]1c1c(O)cc(CCCCCl)c(C(=O)O)c1O. The molecular formula is C21H27ClO4. The molecule has 0 bridgehead atoms. The van der Waals surface area contributed by atoms with E-state index in [-0.39, 0.29) is 34.5 Å². The van der Waals surface area contributed by atoms with Crippen molar-refractivity contribution in [2.75, 3.05) is 5.88 Å². The Hall–Kier alpha value is -1.94. The molecule has 3 N–H and O–H groups in total. The van der Waals surface area contributed by atoms with Crippen LogP contribution in [0, 0.1) is 5.92 Å². The highest BCUT2D eigenvalue weighted by atomic mass is 35.5. The third-order valence-electron chi connectivity index (χ3n) is 5.16. The summed E-state index contributed by atoms with van der Waals surface area (Å²) in [7, 11) is 0. The van der Waals surface area contributed by atoms with Gasteiger partial charge in [0.15, 0.2) is 0 Å². The Morgan fingerprint density at radius 3 is 2.62 bits per heavy atom. The Labute approximate surface area is 159 Å². The van der Waals surface area contributed by atoms with Gasteiger partial charge in [0.2, 0.25) is 0 Å². The Bertz CT molecular complexity index is 736. The average Bonchev–Trinajstić information content (AvgIpc) is 2.54. The molecule has 0 saturated heterocycles. The summed E-state index contributed by atoms with van der Waals surface area (Å²) < 4.78 is 0. The number of allylic oxidation sites excluding steroid dienone is 3. The van der Waals surface area contributed by atoms with Crippen LogP contribution in [0.15, 0.2) is 29.9 Å². The number of phenolic OH excluding ortho intramolecular Hbond substituents is 1. The smallest absolute Gasteiger partial charge is 0.339 e. The lowest BCUT2D eigenvalue weighted by Gasteiger charge is -2.32. The summed E-state index contributed by atoms with van der Waals surface area (Å²) in [6.45, 7) is 7.98. The van der Waals surface area contributed by atoms with Crippen LogP contribution < -0.4 is 0 Å². The van der Waals surface area contributed by atoms with Crippen LogP contribution in [-0.4, -0.2) is 27.2 Å². The van der Waals surface area contributed by atoms with Crippen molar-refractivity contribution in [1.82, 2.24) is 0 Å². The van der Waals surface area contributed by atoms with Crippen LogP contribution in [-0.2, 0) is 6.42 Å². The number of unbranched alkanes of at least 4 members (excludes halogenated alkanes) is 1. The Morgan fingerprint density at radius 2 is 2.04 bits per heavy atom. The first-order valence-corrected chi connectivity index (χ1v) is 9.51. The summed E-state index contributed by atoms with van der Waals surface area (Å²) in [5, 5.41) is 31.1. The summed E-state index contributed by atoms with van der Waals surface area (Å²) in [4.78, 5) is 11.8. The second kappa shape index (κ2) is 8.63. The molecule has 2 rings (SSSR count). The van der Waals surface area contributed by atoms with Gasteiger partial charge in [-0.2, -0.15) is 0 Å². The van der Waals surface area contributed by atoms with E-state index in [0.29, 0.717) is 24.3 Å². The zero-order valence-corrected chi connectivity index (χ0v) is 16.1. The number of carboxylic acids is 1. The summed E-state index contributed by atoms with van der Waals surface area (Å²) in [5.74, 6) is -1.31. The van der Waals surface area contributed by atoms with Gasteiger partial charge in [0, 0.05) is 17.4 Å². The number of rotatable bonds is 7. The van der Waals surface area contributed by atoms with Gasteiger partial charge in [-0.05, 0) is 63.5 Å². The molecule has 0 aliphatic heterocycles. The maximum absolute atomic E-state index is 11.8. The van der Waals surface area contributed by atoms with Crippen molar-refractivity contribution in [2.24, 2.45) is 5.92 Å². The second-order valence-electron chi connectivity index (χ2n) is 7.17. The maximum Gasteiger partial charge on any atom is 0.339 e. The van der Waals surface area contributed by atoms with Gasteiger partial charge < -0.3 is 15.3 Å². The largest absolute Gasteiger partial charge is 0.507 e. The van der Waals surface area contributed by atoms with Crippen molar-refractivity contribution < 1.29 is 20.1 Å². The molecule has 1 aromatic rings. The first kappa shape index (κ1) is 20.4. The third-order valence-corrected chi connectivity index (χ3v) is 5.42. The molecule has 0 saturated carbocycles. The van der Waals surface area contributed by atoms with Crippen molar-refractivity contribution in [2.45, 2.75) is 51.9 Å². The fourth-order valence-corrected chi connectivity index (χ4v) is 3.99. The minimum Gasteiger partial charge on any atom is -0.507 e. The Morgan fingerprint density at radius 1 is 1.35 bits per heavy atom. The fraction of sp³-hybridized carbons (Fsp3) is 0.476. The quantitative estimate of drug-likeness (QED) is 0.338. The number of aryl methyl sites for hydroxylation is 1. The molecule has 0 radical (unpaired) electrons. The van der Waals surface area contributed by atoms with Crippen molar-refractivity contribution in [3.63, 3.8) is 0 Å². The van der Waals surface area contributed by atoms with Gasteiger partial charge in [-0.1, -0.05) is 23.8 Å². The third kappa shape index (κ3) is 4.24. The first-order chi connectivity index (χ1) is 12.3. The van der Waals surface area contributed by atoms with Crippen molar-refractivity contribution in [3.8, 4) is 11.5 Å². The summed E-state index contributed by atoms with van der Waals surface area (Å²) >= 11 is 5.69. The first-order valence-electron chi connectivity index (χ1n) is 8.97. The Kier molecular flexibility index (Phi) is 6.76. The van der Waals surface area contributed by atoms with Gasteiger partial charge in [0.1, 0.15) is 17.1 Å². The van der Waals surface area contributed by atoms with Gasteiger partial charge in [-0.25, -0.2) is 4.79 Å². The van der Waals surface area contributed by atoms with Crippen LogP contribution in [0.4, 0.5) is 0 Å². The molecule has 4 nitrogen and oxygen atoms in total. The highest BCUT2D eigenvalue weighted by Crippen LogP contribution is 2.48. The highest BCUT2D eigenvalue weighted by Gasteiger charge is 2.32. The molecular weight excluding hydrogens is 352 g/mol. The summed E-state index contributed by atoms with van der Waals surface area (Å²) in [5.41, 5.74) is 2.72. The van der Waals surface area contributed by atoms with E-state index in [4.69, 9.17) is 11.6 Å². The number of benzene rings is 1. The van der Waals surface area contributed by atoms with E-state index in [1.165, 1.54) is 6.07 Å². The number of carboxylic acid groups (broad SMARTS) is 1. The second-order valence-corrected chi connectivity index (χ2v) is 7.55. The number of hydrogen-bond acceptors (Lipinski definition) is 3. The maximum atomic E-state index is 11.8. The lowest BCUT2D eigenvalue weighted by molar-refractivity contribution is 0.0692. The summed E-state index contributed by atoms with van der Waals surface area (Å²) in [6, 6.07) is 1.49. The van der Waals surface area contributed by atoms with Crippen LogP contribution in [0.3, 0.4) is 0 Å². The average molecular weight is 379 g/mol. The molecule has 5 heteroatoms. The van der Waals surface area contributed by atoms with Crippen LogP contribution in [0.1, 0.15) is 66.9 Å². The minimum absolute atomic E-state index is 0.0549. The van der Waals surface area contributed by atoms with Gasteiger partial charge in [0.25, 0.3) is 0 Å². The molecule has 2 atom stereocenters. The molecule has 1 aliphatic rings. The molecule has 0 fully saturated rings. The number of alkyl halides is 1. The van der Waals surface area contributed by atoms with Gasteiger partial charge in [0.05, 0.1) is 0 Å². The van der Waals surface area contributed by atoms with E-state index >= 15 is 0 Å². The van der Waals surface area contributed by atoms with Gasteiger partial charge in [-0.3, -0.25) is 0 Å². The van der Waals surface area contributed by atoms with E-state index in [2.05, 4.69) is 6.58 Å². The van der Waals surface area contributed by atoms with Crippen LogP contribution in [0.5, 0.6) is 11.5 Å². The molecule has 1 aliphatic carbocycles. The number of aromatic hydroxyl groups is 2. The number of hydrogen-bond donors (Lipinski definition) is 3. The molecule has 1 aromatic carbocycles. The lowest BCUT2D eigenvalue weighted by Crippen LogP contribution is -2.18. The normalized spacial score (nSPS) is 19.9. The Balaban J connectivity index is 2.58.